The number of carbonyl (C=O) groups is 1. The molecule has 0 spiro atoms. The fraction of sp³-hybridized carbons (Fsp3) is 0.556. The van der Waals surface area contributed by atoms with Gasteiger partial charge in [0.1, 0.15) is 10.1 Å². The smallest absolute Gasteiger partial charge is 0.150 e. The minimum absolute atomic E-state index is 0.274. The van der Waals surface area contributed by atoms with Crippen LogP contribution in [0.25, 0.3) is 0 Å². The van der Waals surface area contributed by atoms with Gasteiger partial charge < -0.3 is 4.79 Å². The molecule has 0 saturated heterocycles. The number of aryl methyl sites for hydroxylation is 1. The number of hydrogen-bond acceptors (Lipinski definition) is 4. The highest BCUT2D eigenvalue weighted by Gasteiger charge is 1.99. The van der Waals surface area contributed by atoms with E-state index in [4.69, 9.17) is 0 Å². The van der Waals surface area contributed by atoms with E-state index in [-0.39, 0.29) is 5.78 Å². The molecule has 2 nitrogen and oxygen atoms in total. The van der Waals surface area contributed by atoms with Gasteiger partial charge in [-0.1, -0.05) is 11.8 Å². The second kappa shape index (κ2) is 5.40. The number of nitrogens with zero attached hydrogens (tertiary/aromatic N) is 1. The zero-order valence-corrected chi connectivity index (χ0v) is 9.50. The third-order valence-electron chi connectivity index (χ3n) is 1.50. The standard InChI is InChI=1S/C9H13NOS2/c1-7-6-13-9(10-7)12-5-3-4-8(2)11/h6H,3-5H2,1-2H3. The van der Waals surface area contributed by atoms with E-state index in [1.54, 1.807) is 30.0 Å². The average molecular weight is 215 g/mol. The zero-order chi connectivity index (χ0) is 9.68. The zero-order valence-electron chi connectivity index (χ0n) is 7.87. The van der Waals surface area contributed by atoms with Crippen molar-refractivity contribution in [3.8, 4) is 0 Å². The minimum Gasteiger partial charge on any atom is -0.300 e. The predicted molar refractivity (Wildman–Crippen MR) is 57.5 cm³/mol. The fourth-order valence-electron chi connectivity index (χ4n) is 0.879. The number of Topliss-reactive ketones (excluding diaryl/α,β-unsaturated/α-hetero) is 1. The van der Waals surface area contributed by atoms with E-state index in [0.29, 0.717) is 6.42 Å². The van der Waals surface area contributed by atoms with Crippen molar-refractivity contribution in [2.75, 3.05) is 5.75 Å². The van der Waals surface area contributed by atoms with E-state index in [2.05, 4.69) is 4.98 Å². The van der Waals surface area contributed by atoms with Crippen molar-refractivity contribution in [3.05, 3.63) is 11.1 Å². The Balaban J connectivity index is 2.16. The van der Waals surface area contributed by atoms with Crippen molar-refractivity contribution >= 4 is 28.9 Å². The molecule has 0 aliphatic heterocycles. The number of rotatable bonds is 5. The molecule has 0 unspecified atom stereocenters. The van der Waals surface area contributed by atoms with Gasteiger partial charge in [-0.3, -0.25) is 0 Å². The van der Waals surface area contributed by atoms with E-state index in [1.807, 2.05) is 12.3 Å². The number of ketones is 1. The van der Waals surface area contributed by atoms with Crippen molar-refractivity contribution in [1.82, 2.24) is 4.98 Å². The maximum absolute atomic E-state index is 10.6. The van der Waals surface area contributed by atoms with Gasteiger partial charge in [-0.05, 0) is 20.3 Å². The third-order valence-corrected chi connectivity index (χ3v) is 3.72. The summed E-state index contributed by atoms with van der Waals surface area (Å²) >= 11 is 3.41. The van der Waals surface area contributed by atoms with Gasteiger partial charge in [0.25, 0.3) is 0 Å². The Bertz CT molecular complexity index is 283. The predicted octanol–water partition coefficient (Wildman–Crippen LogP) is 2.91. The second-order valence-electron chi connectivity index (χ2n) is 2.91. The lowest BCUT2D eigenvalue weighted by molar-refractivity contribution is -0.117. The van der Waals surface area contributed by atoms with Crippen LogP contribution >= 0.6 is 23.1 Å². The van der Waals surface area contributed by atoms with E-state index >= 15 is 0 Å². The maximum Gasteiger partial charge on any atom is 0.150 e. The minimum atomic E-state index is 0.274. The molecule has 0 aliphatic rings. The molecular formula is C9H13NOS2. The Morgan fingerprint density at radius 3 is 3.00 bits per heavy atom. The highest BCUT2D eigenvalue weighted by Crippen LogP contribution is 2.23. The summed E-state index contributed by atoms with van der Waals surface area (Å²) in [6.07, 6.45) is 1.65. The first-order valence-corrected chi connectivity index (χ1v) is 6.09. The van der Waals surface area contributed by atoms with Crippen molar-refractivity contribution in [1.29, 1.82) is 0 Å². The van der Waals surface area contributed by atoms with Gasteiger partial charge in [-0.25, -0.2) is 4.98 Å². The van der Waals surface area contributed by atoms with Crippen LogP contribution in [0.4, 0.5) is 0 Å². The lowest BCUT2D eigenvalue weighted by atomic mass is 10.3. The third kappa shape index (κ3) is 4.43. The van der Waals surface area contributed by atoms with Crippen LogP contribution in [0.15, 0.2) is 9.72 Å². The SMILES string of the molecule is CC(=O)CCCSc1nc(C)cs1. The first kappa shape index (κ1) is 10.7. The first-order chi connectivity index (χ1) is 6.18. The summed E-state index contributed by atoms with van der Waals surface area (Å²) in [6.45, 7) is 3.63. The van der Waals surface area contributed by atoms with Crippen molar-refractivity contribution in [2.24, 2.45) is 0 Å². The molecule has 0 aliphatic carbocycles. The lowest BCUT2D eigenvalue weighted by Crippen LogP contribution is -1.90. The number of aromatic nitrogens is 1. The Hall–Kier alpha value is -0.350. The van der Waals surface area contributed by atoms with Crippen molar-refractivity contribution in [3.63, 3.8) is 0 Å². The van der Waals surface area contributed by atoms with Gasteiger partial charge in [-0.2, -0.15) is 0 Å². The molecule has 1 rings (SSSR count). The number of carbonyl (C=O) groups excluding carboxylic acids is 1. The molecule has 72 valence electrons. The van der Waals surface area contributed by atoms with Gasteiger partial charge >= 0.3 is 0 Å². The summed E-state index contributed by atoms with van der Waals surface area (Å²) in [7, 11) is 0. The van der Waals surface area contributed by atoms with Crippen molar-refractivity contribution in [2.45, 2.75) is 31.0 Å². The molecule has 0 saturated carbocycles. The Morgan fingerprint density at radius 2 is 2.46 bits per heavy atom. The monoisotopic (exact) mass is 215 g/mol. The molecule has 0 aromatic carbocycles. The van der Waals surface area contributed by atoms with Crippen LogP contribution in [-0.4, -0.2) is 16.5 Å². The largest absolute Gasteiger partial charge is 0.300 e. The molecule has 0 N–H and O–H groups in total. The van der Waals surface area contributed by atoms with Gasteiger partial charge in [0.2, 0.25) is 0 Å². The molecule has 1 aromatic rings. The van der Waals surface area contributed by atoms with Crippen LogP contribution in [0.3, 0.4) is 0 Å². The van der Waals surface area contributed by atoms with E-state index in [1.165, 1.54) is 0 Å². The van der Waals surface area contributed by atoms with Crippen LogP contribution < -0.4 is 0 Å². The van der Waals surface area contributed by atoms with E-state index in [0.717, 1.165) is 22.2 Å². The molecule has 1 aromatic heterocycles. The van der Waals surface area contributed by atoms with Crippen LogP contribution in [0.5, 0.6) is 0 Å². The van der Waals surface area contributed by atoms with E-state index < -0.39 is 0 Å². The second-order valence-corrected chi connectivity index (χ2v) is 5.11. The molecule has 4 heteroatoms. The molecule has 0 radical (unpaired) electrons. The maximum atomic E-state index is 10.6. The van der Waals surface area contributed by atoms with Crippen molar-refractivity contribution < 1.29 is 4.79 Å². The molecule has 13 heavy (non-hydrogen) atoms. The number of thioether (sulfide) groups is 1. The fourth-order valence-corrected chi connectivity index (χ4v) is 2.74. The van der Waals surface area contributed by atoms with Gasteiger partial charge in [0.05, 0.1) is 0 Å². The summed E-state index contributed by atoms with van der Waals surface area (Å²) < 4.78 is 1.11. The first-order valence-electron chi connectivity index (χ1n) is 4.23. The summed E-state index contributed by atoms with van der Waals surface area (Å²) in [5.41, 5.74) is 1.08. The van der Waals surface area contributed by atoms with Gasteiger partial charge in [0, 0.05) is 23.2 Å². The molecule has 0 amide bonds. The summed E-state index contributed by atoms with van der Waals surface area (Å²) in [6, 6.07) is 0. The molecule has 0 fully saturated rings. The summed E-state index contributed by atoms with van der Waals surface area (Å²) in [5.74, 6) is 1.27. The molecule has 0 atom stereocenters. The van der Waals surface area contributed by atoms with Gasteiger partial charge in [-0.15, -0.1) is 11.3 Å². The summed E-state index contributed by atoms with van der Waals surface area (Å²) in [4.78, 5) is 15.0. The van der Waals surface area contributed by atoms with Crippen LogP contribution in [0, 0.1) is 6.92 Å². The number of hydrogen-bond donors (Lipinski definition) is 0. The molecule has 0 bridgehead atoms. The van der Waals surface area contributed by atoms with Crippen LogP contribution in [0.2, 0.25) is 0 Å². The highest BCUT2D eigenvalue weighted by molar-refractivity contribution is 8.00. The number of thiazole rings is 1. The Kier molecular flexibility index (Phi) is 4.45. The summed E-state index contributed by atoms with van der Waals surface area (Å²) in [5, 5.41) is 2.05. The topological polar surface area (TPSA) is 30.0 Å². The molecular weight excluding hydrogens is 202 g/mol. The quantitative estimate of drug-likeness (QED) is 0.559. The lowest BCUT2D eigenvalue weighted by Gasteiger charge is -1.94. The normalized spacial score (nSPS) is 10.3. The Morgan fingerprint density at radius 1 is 1.69 bits per heavy atom. The van der Waals surface area contributed by atoms with E-state index in [9.17, 15) is 4.79 Å². The Labute approximate surface area is 86.8 Å². The molecule has 1 heterocycles. The average Bonchev–Trinajstić information content (AvgIpc) is 2.45. The van der Waals surface area contributed by atoms with Crippen LogP contribution in [-0.2, 0) is 4.79 Å². The highest BCUT2D eigenvalue weighted by atomic mass is 32.2. The van der Waals surface area contributed by atoms with Crippen LogP contribution in [0.1, 0.15) is 25.5 Å². The van der Waals surface area contributed by atoms with Gasteiger partial charge in [0.15, 0.2) is 0 Å².